The lowest BCUT2D eigenvalue weighted by atomic mass is 9.40. The van der Waals surface area contributed by atoms with Crippen LogP contribution in [-0.2, 0) is 4.79 Å². The van der Waals surface area contributed by atoms with Crippen LogP contribution in [0.15, 0.2) is 24.8 Å². The third kappa shape index (κ3) is 1.90. The SMILES string of the molecule is C=CC1C(=C)CCC2C1CCC1(O)C2(C)CCC(O)C1(C)C(=O)O. The molecule has 0 bridgehead atoms. The van der Waals surface area contributed by atoms with Crippen molar-refractivity contribution in [1.29, 1.82) is 0 Å². The van der Waals surface area contributed by atoms with Crippen LogP contribution in [0.2, 0.25) is 0 Å². The van der Waals surface area contributed by atoms with Gasteiger partial charge < -0.3 is 15.3 Å². The Hall–Kier alpha value is -1.13. The summed E-state index contributed by atoms with van der Waals surface area (Å²) in [5.74, 6) is -0.256. The molecule has 7 unspecified atom stereocenters. The van der Waals surface area contributed by atoms with Gasteiger partial charge in [-0.1, -0.05) is 25.2 Å². The summed E-state index contributed by atoms with van der Waals surface area (Å²) in [6.07, 6.45) is 5.02. The van der Waals surface area contributed by atoms with Crippen molar-refractivity contribution >= 4 is 5.97 Å². The first-order valence-electron chi connectivity index (χ1n) is 9.07. The first kappa shape index (κ1) is 17.7. The molecule has 134 valence electrons. The molecule has 3 aliphatic carbocycles. The zero-order valence-electron chi connectivity index (χ0n) is 14.8. The van der Waals surface area contributed by atoms with E-state index in [2.05, 4.69) is 13.2 Å². The Balaban J connectivity index is 2.08. The summed E-state index contributed by atoms with van der Waals surface area (Å²) >= 11 is 0. The predicted octanol–water partition coefficient (Wildman–Crippen LogP) is 3.15. The minimum Gasteiger partial charge on any atom is -0.481 e. The van der Waals surface area contributed by atoms with E-state index in [9.17, 15) is 20.1 Å². The van der Waals surface area contributed by atoms with E-state index in [0.29, 0.717) is 25.2 Å². The van der Waals surface area contributed by atoms with Gasteiger partial charge in [0.25, 0.3) is 0 Å². The zero-order valence-corrected chi connectivity index (χ0v) is 14.8. The minimum atomic E-state index is -1.52. The van der Waals surface area contributed by atoms with E-state index in [1.54, 1.807) is 0 Å². The highest BCUT2D eigenvalue weighted by molar-refractivity contribution is 5.77. The van der Waals surface area contributed by atoms with E-state index in [1.807, 2.05) is 13.0 Å². The van der Waals surface area contributed by atoms with Crippen molar-refractivity contribution in [3.63, 3.8) is 0 Å². The van der Waals surface area contributed by atoms with Gasteiger partial charge in [-0.05, 0) is 57.3 Å². The van der Waals surface area contributed by atoms with Crippen LogP contribution in [-0.4, -0.2) is 33.0 Å². The first-order chi connectivity index (χ1) is 11.1. The standard InChI is InChI=1S/C20H30O4/c1-5-13-12(2)6-7-15-14(13)8-11-20(24)18(15,3)10-9-16(21)19(20,4)17(22)23/h5,13-16,21,24H,1-2,6-11H2,3-4H3,(H,22,23). The Bertz CT molecular complexity index is 584. The Labute approximate surface area is 144 Å². The quantitative estimate of drug-likeness (QED) is 0.678. The largest absolute Gasteiger partial charge is 0.481 e. The van der Waals surface area contributed by atoms with Crippen molar-refractivity contribution in [2.45, 2.75) is 64.1 Å². The molecular weight excluding hydrogens is 304 g/mol. The number of hydrogen-bond donors (Lipinski definition) is 3. The number of hydrogen-bond acceptors (Lipinski definition) is 3. The number of carboxylic acid groups (broad SMARTS) is 1. The molecule has 0 aliphatic heterocycles. The summed E-state index contributed by atoms with van der Waals surface area (Å²) in [5, 5.41) is 32.0. The van der Waals surface area contributed by atoms with Gasteiger partial charge in [0.15, 0.2) is 0 Å². The molecule has 0 saturated heterocycles. The van der Waals surface area contributed by atoms with Gasteiger partial charge in [0.05, 0.1) is 11.7 Å². The second-order valence-electron chi connectivity index (χ2n) is 8.61. The first-order valence-corrected chi connectivity index (χ1v) is 9.07. The van der Waals surface area contributed by atoms with Gasteiger partial charge >= 0.3 is 5.97 Å². The van der Waals surface area contributed by atoms with Gasteiger partial charge in [-0.25, -0.2) is 0 Å². The summed E-state index contributed by atoms with van der Waals surface area (Å²) in [7, 11) is 0. The normalized spacial score (nSPS) is 51.4. The van der Waals surface area contributed by atoms with Crippen molar-refractivity contribution in [2.24, 2.45) is 28.6 Å². The van der Waals surface area contributed by atoms with E-state index < -0.39 is 28.5 Å². The summed E-state index contributed by atoms with van der Waals surface area (Å²) in [6.45, 7) is 11.8. The summed E-state index contributed by atoms with van der Waals surface area (Å²) in [5.41, 5.74) is -2.22. The highest BCUT2D eigenvalue weighted by Gasteiger charge is 2.71. The Kier molecular flexibility index (Phi) is 4.00. The lowest BCUT2D eigenvalue weighted by Gasteiger charge is -2.66. The molecular formula is C20H30O4. The molecule has 4 nitrogen and oxygen atoms in total. The second-order valence-corrected chi connectivity index (χ2v) is 8.61. The Morgan fingerprint density at radius 2 is 1.92 bits per heavy atom. The molecule has 3 fully saturated rings. The van der Waals surface area contributed by atoms with E-state index >= 15 is 0 Å². The highest BCUT2D eigenvalue weighted by atomic mass is 16.4. The van der Waals surface area contributed by atoms with Gasteiger partial charge in [-0.15, -0.1) is 6.58 Å². The van der Waals surface area contributed by atoms with Crippen LogP contribution in [0.5, 0.6) is 0 Å². The topological polar surface area (TPSA) is 77.8 Å². The highest BCUT2D eigenvalue weighted by Crippen LogP contribution is 2.67. The third-order valence-electron chi connectivity index (χ3n) is 7.99. The second kappa shape index (κ2) is 5.43. The molecule has 7 atom stereocenters. The van der Waals surface area contributed by atoms with E-state index in [4.69, 9.17) is 0 Å². The number of aliphatic hydroxyl groups excluding tert-OH is 1. The lowest BCUT2D eigenvalue weighted by Crippen LogP contribution is -2.72. The van der Waals surface area contributed by atoms with Gasteiger partial charge in [0.1, 0.15) is 5.41 Å². The van der Waals surface area contributed by atoms with Crippen LogP contribution >= 0.6 is 0 Å². The zero-order chi connectivity index (χ0) is 17.9. The van der Waals surface area contributed by atoms with Crippen LogP contribution in [0.3, 0.4) is 0 Å². The van der Waals surface area contributed by atoms with Crippen molar-refractivity contribution < 1.29 is 20.1 Å². The molecule has 3 saturated carbocycles. The Morgan fingerprint density at radius 1 is 1.25 bits per heavy atom. The summed E-state index contributed by atoms with van der Waals surface area (Å²) in [6, 6.07) is 0. The predicted molar refractivity (Wildman–Crippen MR) is 92.3 cm³/mol. The van der Waals surface area contributed by atoms with Crippen LogP contribution in [0, 0.1) is 28.6 Å². The van der Waals surface area contributed by atoms with Crippen LogP contribution in [0.4, 0.5) is 0 Å². The lowest BCUT2D eigenvalue weighted by molar-refractivity contribution is -0.273. The number of allylic oxidation sites excluding steroid dienone is 2. The smallest absolute Gasteiger partial charge is 0.314 e. The maximum atomic E-state index is 12.1. The molecule has 0 aromatic rings. The number of fused-ring (bicyclic) bond motifs is 3. The number of aliphatic carboxylic acids is 1. The molecule has 0 radical (unpaired) electrons. The third-order valence-corrected chi connectivity index (χ3v) is 7.99. The van der Waals surface area contributed by atoms with E-state index in [-0.39, 0.29) is 11.8 Å². The molecule has 0 spiro atoms. The molecule has 0 aromatic heterocycles. The maximum absolute atomic E-state index is 12.1. The summed E-state index contributed by atoms with van der Waals surface area (Å²) in [4.78, 5) is 12.1. The maximum Gasteiger partial charge on any atom is 0.314 e. The van der Waals surface area contributed by atoms with Crippen molar-refractivity contribution in [3.8, 4) is 0 Å². The minimum absolute atomic E-state index is 0.232. The summed E-state index contributed by atoms with van der Waals surface area (Å²) < 4.78 is 0. The fourth-order valence-electron chi connectivity index (χ4n) is 6.32. The van der Waals surface area contributed by atoms with Gasteiger partial charge in [0.2, 0.25) is 0 Å². The Morgan fingerprint density at radius 3 is 2.50 bits per heavy atom. The van der Waals surface area contributed by atoms with Crippen molar-refractivity contribution in [3.05, 3.63) is 24.8 Å². The van der Waals surface area contributed by atoms with Crippen LogP contribution in [0.1, 0.15) is 52.4 Å². The molecule has 4 heteroatoms. The molecule has 3 N–H and O–H groups in total. The molecule has 3 aliphatic rings. The molecule has 0 aromatic carbocycles. The molecule has 3 rings (SSSR count). The number of carboxylic acids is 1. The fraction of sp³-hybridized carbons (Fsp3) is 0.750. The number of carbonyl (C=O) groups is 1. The van der Waals surface area contributed by atoms with Gasteiger partial charge in [-0.2, -0.15) is 0 Å². The molecule has 0 amide bonds. The van der Waals surface area contributed by atoms with Gasteiger partial charge in [-0.3, -0.25) is 4.79 Å². The average Bonchev–Trinajstić information content (AvgIpc) is 2.54. The average molecular weight is 334 g/mol. The monoisotopic (exact) mass is 334 g/mol. The van der Waals surface area contributed by atoms with Crippen LogP contribution in [0.25, 0.3) is 0 Å². The number of aliphatic hydroxyl groups is 2. The van der Waals surface area contributed by atoms with Crippen molar-refractivity contribution in [2.75, 3.05) is 0 Å². The number of rotatable bonds is 2. The van der Waals surface area contributed by atoms with E-state index in [1.165, 1.54) is 12.5 Å². The van der Waals surface area contributed by atoms with Gasteiger partial charge in [0, 0.05) is 11.3 Å². The fourth-order valence-corrected chi connectivity index (χ4v) is 6.32. The van der Waals surface area contributed by atoms with Crippen LogP contribution < -0.4 is 0 Å². The van der Waals surface area contributed by atoms with E-state index in [0.717, 1.165) is 19.3 Å². The molecule has 24 heavy (non-hydrogen) atoms. The van der Waals surface area contributed by atoms with Crippen molar-refractivity contribution in [1.82, 2.24) is 0 Å². The molecule has 0 heterocycles.